The van der Waals surface area contributed by atoms with Crippen LogP contribution in [0.15, 0.2) is 18.2 Å². The first-order valence-electron chi connectivity index (χ1n) is 8.68. The first kappa shape index (κ1) is 18.5. The molecular formula is C17H20F3N3O3. The molecule has 1 amide bonds. The normalized spacial score (nSPS) is 23.3. The van der Waals surface area contributed by atoms with Crippen LogP contribution in [-0.2, 0) is 0 Å². The number of anilines is 1. The summed E-state index contributed by atoms with van der Waals surface area (Å²) in [6.07, 6.45) is -1.19. The maximum absolute atomic E-state index is 13.1. The molecule has 0 spiro atoms. The number of alkyl halides is 3. The molecule has 0 bridgehead atoms. The van der Waals surface area contributed by atoms with Gasteiger partial charge >= 0.3 is 6.18 Å². The van der Waals surface area contributed by atoms with E-state index in [0.717, 1.165) is 18.9 Å². The molecule has 2 saturated carbocycles. The Labute approximate surface area is 148 Å². The second-order valence-corrected chi connectivity index (χ2v) is 6.92. The highest BCUT2D eigenvalue weighted by atomic mass is 19.4. The van der Waals surface area contributed by atoms with Gasteiger partial charge in [0, 0.05) is 23.7 Å². The van der Waals surface area contributed by atoms with Crippen molar-refractivity contribution in [1.82, 2.24) is 5.32 Å². The summed E-state index contributed by atoms with van der Waals surface area (Å²) in [7, 11) is 0. The molecule has 2 aliphatic rings. The monoisotopic (exact) mass is 371 g/mol. The molecule has 1 aromatic carbocycles. The molecule has 0 aliphatic heterocycles. The number of hydrogen-bond donors (Lipinski definition) is 2. The second kappa shape index (κ2) is 7.13. The minimum absolute atomic E-state index is 0.00968. The Bertz CT molecular complexity index is 704. The predicted octanol–water partition coefficient (Wildman–Crippen LogP) is 4.02. The lowest BCUT2D eigenvalue weighted by molar-refractivity contribution is -0.384. The van der Waals surface area contributed by atoms with E-state index < -0.39 is 29.0 Å². The Morgan fingerprint density at radius 2 is 1.85 bits per heavy atom. The summed E-state index contributed by atoms with van der Waals surface area (Å²) in [5.41, 5.74) is 0.0602. The standard InChI is InChI=1S/C17H20F3N3O3/c18-17(19,20)12-3-1-2-4-13(12)22-16(24)10-5-8-14(21-11-6-7-11)15(9-10)23(25)26/h5,8-9,11-13,21H,1-4,6-7H2,(H,22,24). The zero-order valence-electron chi connectivity index (χ0n) is 14.0. The maximum atomic E-state index is 13.1. The van der Waals surface area contributed by atoms with Crippen molar-refractivity contribution in [3.8, 4) is 0 Å². The molecule has 0 aromatic heterocycles. The topological polar surface area (TPSA) is 84.3 Å². The van der Waals surface area contributed by atoms with Gasteiger partial charge in [-0.2, -0.15) is 13.2 Å². The SMILES string of the molecule is O=C(NC1CCCCC1C(F)(F)F)c1ccc(NC2CC2)c([N+](=O)[O-])c1. The summed E-state index contributed by atoms with van der Waals surface area (Å²) in [5.74, 6) is -2.29. The van der Waals surface area contributed by atoms with E-state index >= 15 is 0 Å². The molecule has 26 heavy (non-hydrogen) atoms. The van der Waals surface area contributed by atoms with Crippen molar-refractivity contribution >= 4 is 17.3 Å². The van der Waals surface area contributed by atoms with Crippen LogP contribution in [0.3, 0.4) is 0 Å². The molecule has 0 saturated heterocycles. The van der Waals surface area contributed by atoms with Crippen LogP contribution < -0.4 is 10.6 Å². The molecule has 9 heteroatoms. The van der Waals surface area contributed by atoms with E-state index in [-0.39, 0.29) is 30.1 Å². The van der Waals surface area contributed by atoms with Crippen molar-refractivity contribution in [3.05, 3.63) is 33.9 Å². The molecule has 2 fully saturated rings. The lowest BCUT2D eigenvalue weighted by atomic mass is 9.84. The van der Waals surface area contributed by atoms with Gasteiger partial charge in [-0.25, -0.2) is 0 Å². The molecule has 0 radical (unpaired) electrons. The van der Waals surface area contributed by atoms with Gasteiger partial charge in [-0.3, -0.25) is 14.9 Å². The van der Waals surface area contributed by atoms with Crippen molar-refractivity contribution in [2.24, 2.45) is 5.92 Å². The Morgan fingerprint density at radius 3 is 2.46 bits per heavy atom. The maximum Gasteiger partial charge on any atom is 0.393 e. The molecule has 0 heterocycles. The number of halogens is 3. The van der Waals surface area contributed by atoms with Crippen molar-refractivity contribution in [2.45, 2.75) is 56.8 Å². The summed E-state index contributed by atoms with van der Waals surface area (Å²) in [6, 6.07) is 3.15. The van der Waals surface area contributed by atoms with Gasteiger partial charge in [0.25, 0.3) is 11.6 Å². The van der Waals surface area contributed by atoms with Gasteiger partial charge in [-0.1, -0.05) is 12.8 Å². The van der Waals surface area contributed by atoms with Crippen LogP contribution in [0, 0.1) is 16.0 Å². The van der Waals surface area contributed by atoms with Crippen LogP contribution in [0.5, 0.6) is 0 Å². The third-order valence-electron chi connectivity index (χ3n) is 4.90. The molecule has 1 aromatic rings. The highest BCUT2D eigenvalue weighted by molar-refractivity contribution is 5.96. The molecule has 2 N–H and O–H groups in total. The van der Waals surface area contributed by atoms with Crippen LogP contribution in [0.25, 0.3) is 0 Å². The smallest absolute Gasteiger partial charge is 0.377 e. The lowest BCUT2D eigenvalue weighted by Gasteiger charge is -2.33. The highest BCUT2D eigenvalue weighted by Gasteiger charge is 2.46. The largest absolute Gasteiger partial charge is 0.393 e. The zero-order chi connectivity index (χ0) is 18.9. The van der Waals surface area contributed by atoms with Crippen molar-refractivity contribution in [1.29, 1.82) is 0 Å². The molecule has 3 rings (SSSR count). The fourth-order valence-electron chi connectivity index (χ4n) is 3.34. The molecular weight excluding hydrogens is 351 g/mol. The summed E-state index contributed by atoms with van der Waals surface area (Å²) < 4.78 is 39.4. The third kappa shape index (κ3) is 4.25. The number of nitrogens with zero attached hydrogens (tertiary/aromatic N) is 1. The highest BCUT2D eigenvalue weighted by Crippen LogP contribution is 2.38. The van der Waals surface area contributed by atoms with E-state index in [1.54, 1.807) is 0 Å². The fourth-order valence-corrected chi connectivity index (χ4v) is 3.34. The first-order chi connectivity index (χ1) is 12.3. The predicted molar refractivity (Wildman–Crippen MR) is 89.0 cm³/mol. The molecule has 6 nitrogen and oxygen atoms in total. The number of nitro benzene ring substituents is 1. The number of hydrogen-bond acceptors (Lipinski definition) is 4. The van der Waals surface area contributed by atoms with E-state index in [0.29, 0.717) is 18.5 Å². The van der Waals surface area contributed by atoms with E-state index in [2.05, 4.69) is 10.6 Å². The number of nitrogens with one attached hydrogen (secondary N) is 2. The van der Waals surface area contributed by atoms with E-state index in [1.165, 1.54) is 12.1 Å². The van der Waals surface area contributed by atoms with Gasteiger partial charge in [0.05, 0.1) is 10.8 Å². The Kier molecular flexibility index (Phi) is 5.06. The first-order valence-corrected chi connectivity index (χ1v) is 8.68. The lowest BCUT2D eigenvalue weighted by Crippen LogP contribution is -2.47. The fraction of sp³-hybridized carbons (Fsp3) is 0.588. The minimum Gasteiger partial charge on any atom is -0.377 e. The summed E-state index contributed by atoms with van der Waals surface area (Å²) in [4.78, 5) is 23.0. The van der Waals surface area contributed by atoms with E-state index in [4.69, 9.17) is 0 Å². The Hall–Kier alpha value is -2.32. The van der Waals surface area contributed by atoms with Gasteiger partial charge in [0.2, 0.25) is 0 Å². The summed E-state index contributed by atoms with van der Waals surface area (Å²) in [6.45, 7) is 0. The number of amides is 1. The van der Waals surface area contributed by atoms with E-state index in [9.17, 15) is 28.1 Å². The average molecular weight is 371 g/mol. The van der Waals surface area contributed by atoms with Crippen LogP contribution in [-0.4, -0.2) is 29.1 Å². The van der Waals surface area contributed by atoms with Crippen LogP contribution in [0.4, 0.5) is 24.5 Å². The zero-order valence-corrected chi connectivity index (χ0v) is 14.0. The molecule has 2 unspecified atom stereocenters. The quantitative estimate of drug-likeness (QED) is 0.605. The molecule has 2 atom stereocenters. The van der Waals surface area contributed by atoms with Gasteiger partial charge in [-0.05, 0) is 37.8 Å². The number of rotatable bonds is 5. The molecule has 2 aliphatic carbocycles. The van der Waals surface area contributed by atoms with Gasteiger partial charge in [0.1, 0.15) is 5.69 Å². The second-order valence-electron chi connectivity index (χ2n) is 6.92. The number of carbonyl (C=O) groups excluding carboxylic acids is 1. The van der Waals surface area contributed by atoms with Gasteiger partial charge in [-0.15, -0.1) is 0 Å². The van der Waals surface area contributed by atoms with Crippen LogP contribution in [0.1, 0.15) is 48.9 Å². The van der Waals surface area contributed by atoms with Gasteiger partial charge in [0.15, 0.2) is 0 Å². The number of benzene rings is 1. The van der Waals surface area contributed by atoms with E-state index in [1.807, 2.05) is 0 Å². The third-order valence-corrected chi connectivity index (χ3v) is 4.90. The van der Waals surface area contributed by atoms with Gasteiger partial charge < -0.3 is 10.6 Å². The number of nitro groups is 1. The Morgan fingerprint density at radius 1 is 1.15 bits per heavy atom. The van der Waals surface area contributed by atoms with Crippen molar-refractivity contribution in [2.75, 3.05) is 5.32 Å². The average Bonchev–Trinajstić information content (AvgIpc) is 3.38. The van der Waals surface area contributed by atoms with Crippen LogP contribution in [0.2, 0.25) is 0 Å². The van der Waals surface area contributed by atoms with Crippen molar-refractivity contribution < 1.29 is 22.9 Å². The van der Waals surface area contributed by atoms with Crippen molar-refractivity contribution in [3.63, 3.8) is 0 Å². The van der Waals surface area contributed by atoms with Crippen LogP contribution >= 0.6 is 0 Å². The summed E-state index contributed by atoms with van der Waals surface area (Å²) in [5, 5.41) is 16.7. The Balaban J connectivity index is 1.76. The number of carbonyl (C=O) groups is 1. The minimum atomic E-state index is -4.37. The molecule has 142 valence electrons. The summed E-state index contributed by atoms with van der Waals surface area (Å²) >= 11 is 0.